The predicted octanol–water partition coefficient (Wildman–Crippen LogP) is 2.71. The van der Waals surface area contributed by atoms with E-state index in [1.54, 1.807) is 0 Å². The van der Waals surface area contributed by atoms with Gasteiger partial charge >= 0.3 is 0 Å². The average molecular weight is 167 g/mol. The lowest BCUT2D eigenvalue weighted by Crippen LogP contribution is -2.35. The molecule has 2 saturated carbocycles. The van der Waals surface area contributed by atoms with Crippen molar-refractivity contribution >= 4 is 0 Å². The maximum atomic E-state index is 3.61. The summed E-state index contributed by atoms with van der Waals surface area (Å²) < 4.78 is 0. The summed E-state index contributed by atoms with van der Waals surface area (Å²) in [4.78, 5) is 0. The van der Waals surface area contributed by atoms with Crippen LogP contribution in [0, 0.1) is 5.92 Å². The van der Waals surface area contributed by atoms with Crippen LogP contribution in [0.4, 0.5) is 0 Å². The Kier molecular flexibility index (Phi) is 3.04. The fourth-order valence-electron chi connectivity index (χ4n) is 1.88. The molecule has 0 bridgehead atoms. The number of nitrogens with one attached hydrogen (secondary N) is 1. The molecule has 2 aliphatic carbocycles. The molecule has 0 unspecified atom stereocenters. The molecular weight excluding hydrogens is 146 g/mol. The van der Waals surface area contributed by atoms with Gasteiger partial charge in [-0.05, 0) is 31.7 Å². The van der Waals surface area contributed by atoms with E-state index in [1.807, 2.05) is 0 Å². The smallest absolute Gasteiger partial charge is 0.00670 e. The monoisotopic (exact) mass is 167 g/mol. The van der Waals surface area contributed by atoms with Gasteiger partial charge in [-0.25, -0.2) is 0 Å². The molecule has 0 atom stereocenters. The minimum absolute atomic E-state index is 0.894. The summed E-state index contributed by atoms with van der Waals surface area (Å²) in [6, 6.07) is 0.894. The molecule has 2 fully saturated rings. The largest absolute Gasteiger partial charge is 0.314 e. The SMILES string of the molecule is C(CCC1CC1)CNC1CCC1. The van der Waals surface area contributed by atoms with Gasteiger partial charge in [0.25, 0.3) is 0 Å². The lowest BCUT2D eigenvalue weighted by Gasteiger charge is -2.26. The molecule has 0 spiro atoms. The van der Waals surface area contributed by atoms with Crippen LogP contribution in [0.5, 0.6) is 0 Å². The van der Waals surface area contributed by atoms with Gasteiger partial charge in [0, 0.05) is 6.04 Å². The van der Waals surface area contributed by atoms with Crippen LogP contribution in [0.2, 0.25) is 0 Å². The van der Waals surface area contributed by atoms with Crippen LogP contribution < -0.4 is 5.32 Å². The van der Waals surface area contributed by atoms with E-state index in [1.165, 1.54) is 57.9 Å². The van der Waals surface area contributed by atoms with Crippen LogP contribution in [0.25, 0.3) is 0 Å². The maximum Gasteiger partial charge on any atom is 0.00670 e. The molecule has 0 aromatic rings. The van der Waals surface area contributed by atoms with Crippen molar-refractivity contribution in [2.24, 2.45) is 5.92 Å². The van der Waals surface area contributed by atoms with Crippen LogP contribution >= 0.6 is 0 Å². The van der Waals surface area contributed by atoms with Crippen molar-refractivity contribution in [3.05, 3.63) is 0 Å². The highest BCUT2D eigenvalue weighted by Crippen LogP contribution is 2.33. The third-order valence-corrected chi connectivity index (χ3v) is 3.27. The third kappa shape index (κ3) is 2.78. The van der Waals surface area contributed by atoms with E-state index in [-0.39, 0.29) is 0 Å². The van der Waals surface area contributed by atoms with Crippen molar-refractivity contribution in [1.82, 2.24) is 5.32 Å². The Hall–Kier alpha value is -0.0400. The average Bonchev–Trinajstić information content (AvgIpc) is 2.76. The second-order valence-electron chi connectivity index (χ2n) is 4.52. The minimum Gasteiger partial charge on any atom is -0.314 e. The van der Waals surface area contributed by atoms with Crippen molar-refractivity contribution in [1.29, 1.82) is 0 Å². The summed E-state index contributed by atoms with van der Waals surface area (Å²) in [6.45, 7) is 1.28. The maximum absolute atomic E-state index is 3.61. The fraction of sp³-hybridized carbons (Fsp3) is 1.00. The second-order valence-corrected chi connectivity index (χ2v) is 4.52. The van der Waals surface area contributed by atoms with Gasteiger partial charge in [0.05, 0.1) is 0 Å². The Bertz CT molecular complexity index is 125. The van der Waals surface area contributed by atoms with Crippen molar-refractivity contribution < 1.29 is 0 Å². The molecule has 0 aromatic carbocycles. The van der Waals surface area contributed by atoms with Gasteiger partial charge in [0.2, 0.25) is 0 Å². The Balaban J connectivity index is 1.35. The zero-order valence-electron chi connectivity index (χ0n) is 8.02. The van der Waals surface area contributed by atoms with E-state index in [0.717, 1.165) is 12.0 Å². The first-order valence-electron chi connectivity index (χ1n) is 5.68. The first-order chi connectivity index (χ1) is 5.95. The molecule has 0 heterocycles. The van der Waals surface area contributed by atoms with Crippen molar-refractivity contribution in [2.45, 2.75) is 57.4 Å². The van der Waals surface area contributed by atoms with Crippen LogP contribution in [-0.2, 0) is 0 Å². The fourth-order valence-corrected chi connectivity index (χ4v) is 1.88. The van der Waals surface area contributed by atoms with E-state index in [4.69, 9.17) is 0 Å². The topological polar surface area (TPSA) is 12.0 Å². The molecule has 12 heavy (non-hydrogen) atoms. The van der Waals surface area contributed by atoms with Crippen molar-refractivity contribution in [3.8, 4) is 0 Å². The standard InChI is InChI=1S/C11H21N/c1(4-10-7-8-10)2-9-12-11-5-3-6-11/h10-12H,1-9H2. The van der Waals surface area contributed by atoms with Crippen LogP contribution in [0.1, 0.15) is 51.4 Å². The number of hydrogen-bond donors (Lipinski definition) is 1. The van der Waals surface area contributed by atoms with E-state index in [0.29, 0.717) is 0 Å². The van der Waals surface area contributed by atoms with Gasteiger partial charge in [0.15, 0.2) is 0 Å². The highest BCUT2D eigenvalue weighted by Gasteiger charge is 2.20. The first-order valence-corrected chi connectivity index (χ1v) is 5.68. The lowest BCUT2D eigenvalue weighted by atomic mass is 9.93. The number of unbranched alkanes of at least 4 members (excludes halogenated alkanes) is 1. The summed E-state index contributed by atoms with van der Waals surface area (Å²) in [5.41, 5.74) is 0. The summed E-state index contributed by atoms with van der Waals surface area (Å²) in [6.07, 6.45) is 11.8. The molecule has 0 amide bonds. The lowest BCUT2D eigenvalue weighted by molar-refractivity contribution is 0.336. The van der Waals surface area contributed by atoms with E-state index in [2.05, 4.69) is 5.32 Å². The molecule has 0 saturated heterocycles. The Morgan fingerprint density at radius 2 is 1.83 bits per heavy atom. The summed E-state index contributed by atoms with van der Waals surface area (Å²) in [5.74, 6) is 1.13. The van der Waals surface area contributed by atoms with Gasteiger partial charge in [-0.15, -0.1) is 0 Å². The summed E-state index contributed by atoms with van der Waals surface area (Å²) >= 11 is 0. The Labute approximate surface area is 75.9 Å². The molecule has 2 aliphatic rings. The molecule has 2 rings (SSSR count). The molecule has 70 valence electrons. The molecule has 0 aliphatic heterocycles. The molecule has 1 nitrogen and oxygen atoms in total. The normalized spacial score (nSPS) is 24.0. The minimum atomic E-state index is 0.894. The van der Waals surface area contributed by atoms with Gasteiger partial charge in [-0.3, -0.25) is 0 Å². The molecule has 0 aromatic heterocycles. The number of hydrogen-bond acceptors (Lipinski definition) is 1. The van der Waals surface area contributed by atoms with Crippen molar-refractivity contribution in [3.63, 3.8) is 0 Å². The predicted molar refractivity (Wildman–Crippen MR) is 52.2 cm³/mol. The Morgan fingerprint density at radius 1 is 1.00 bits per heavy atom. The van der Waals surface area contributed by atoms with Crippen molar-refractivity contribution in [2.75, 3.05) is 6.54 Å². The summed E-state index contributed by atoms with van der Waals surface area (Å²) in [7, 11) is 0. The van der Waals surface area contributed by atoms with Gasteiger partial charge < -0.3 is 5.32 Å². The highest BCUT2D eigenvalue weighted by molar-refractivity contribution is 4.76. The van der Waals surface area contributed by atoms with Gasteiger partial charge in [-0.1, -0.05) is 32.1 Å². The first kappa shape index (κ1) is 8.55. The third-order valence-electron chi connectivity index (χ3n) is 3.27. The van der Waals surface area contributed by atoms with E-state index >= 15 is 0 Å². The zero-order valence-corrected chi connectivity index (χ0v) is 8.02. The molecule has 0 radical (unpaired) electrons. The summed E-state index contributed by atoms with van der Waals surface area (Å²) in [5, 5.41) is 3.61. The molecule has 1 N–H and O–H groups in total. The Morgan fingerprint density at radius 3 is 2.42 bits per heavy atom. The van der Waals surface area contributed by atoms with Gasteiger partial charge in [0.1, 0.15) is 0 Å². The highest BCUT2D eigenvalue weighted by atomic mass is 14.9. The van der Waals surface area contributed by atoms with Crippen LogP contribution in [0.15, 0.2) is 0 Å². The van der Waals surface area contributed by atoms with Crippen LogP contribution in [-0.4, -0.2) is 12.6 Å². The molecular formula is C11H21N. The van der Waals surface area contributed by atoms with Gasteiger partial charge in [-0.2, -0.15) is 0 Å². The van der Waals surface area contributed by atoms with E-state index < -0.39 is 0 Å². The van der Waals surface area contributed by atoms with E-state index in [9.17, 15) is 0 Å². The quantitative estimate of drug-likeness (QED) is 0.600. The number of rotatable bonds is 6. The molecule has 1 heteroatoms. The second kappa shape index (κ2) is 4.27. The zero-order chi connectivity index (χ0) is 8.23. The van der Waals surface area contributed by atoms with Crippen LogP contribution in [0.3, 0.4) is 0 Å².